The fraction of sp³-hybridized carbons (Fsp3) is 0.250. The standard InChI is InChI=1S/C12H15N3O2/c13-12-8-10(14-15(12)6-7-16)9-17-11-4-2-1-3-5-11/h1-5,8,16H,6-7,9,13H2. The number of nitrogen functional groups attached to an aromatic ring is 1. The van der Waals surface area contributed by atoms with E-state index in [1.807, 2.05) is 30.3 Å². The van der Waals surface area contributed by atoms with Crippen LogP contribution in [-0.4, -0.2) is 21.5 Å². The average molecular weight is 233 g/mol. The van der Waals surface area contributed by atoms with Crippen LogP contribution >= 0.6 is 0 Å². The van der Waals surface area contributed by atoms with E-state index >= 15 is 0 Å². The minimum absolute atomic E-state index is 0.0187. The number of hydrogen-bond donors (Lipinski definition) is 2. The van der Waals surface area contributed by atoms with Gasteiger partial charge in [0.1, 0.15) is 23.9 Å². The summed E-state index contributed by atoms with van der Waals surface area (Å²) < 4.78 is 7.10. The zero-order chi connectivity index (χ0) is 12.1. The Morgan fingerprint density at radius 3 is 2.76 bits per heavy atom. The number of aliphatic hydroxyl groups excluding tert-OH is 1. The molecule has 0 unspecified atom stereocenters. The molecule has 5 heteroatoms. The van der Waals surface area contributed by atoms with Crippen molar-refractivity contribution in [1.82, 2.24) is 9.78 Å². The topological polar surface area (TPSA) is 73.3 Å². The van der Waals surface area contributed by atoms with Crippen LogP contribution in [0, 0.1) is 0 Å². The van der Waals surface area contributed by atoms with Crippen molar-refractivity contribution in [2.45, 2.75) is 13.2 Å². The third kappa shape index (κ3) is 2.98. The van der Waals surface area contributed by atoms with Crippen molar-refractivity contribution in [3.05, 3.63) is 42.1 Å². The van der Waals surface area contributed by atoms with Gasteiger partial charge in [0.05, 0.1) is 13.2 Å². The molecule has 1 aromatic heterocycles. The average Bonchev–Trinajstić information content (AvgIpc) is 2.70. The van der Waals surface area contributed by atoms with Gasteiger partial charge in [0, 0.05) is 6.07 Å². The van der Waals surface area contributed by atoms with Gasteiger partial charge in [-0.25, -0.2) is 4.68 Å². The van der Waals surface area contributed by atoms with Gasteiger partial charge in [0.2, 0.25) is 0 Å². The van der Waals surface area contributed by atoms with Gasteiger partial charge < -0.3 is 15.6 Å². The molecule has 2 rings (SSSR count). The van der Waals surface area contributed by atoms with Gasteiger partial charge in [-0.2, -0.15) is 5.10 Å². The normalized spacial score (nSPS) is 10.4. The van der Waals surface area contributed by atoms with Crippen molar-refractivity contribution < 1.29 is 9.84 Å². The molecule has 90 valence electrons. The molecule has 0 saturated carbocycles. The van der Waals surface area contributed by atoms with Gasteiger partial charge in [-0.05, 0) is 12.1 Å². The fourth-order valence-corrected chi connectivity index (χ4v) is 1.51. The van der Waals surface area contributed by atoms with Crippen LogP contribution in [-0.2, 0) is 13.2 Å². The predicted molar refractivity (Wildman–Crippen MR) is 64.5 cm³/mol. The Morgan fingerprint density at radius 2 is 2.06 bits per heavy atom. The largest absolute Gasteiger partial charge is 0.487 e. The predicted octanol–water partition coefficient (Wildman–Crippen LogP) is 1.04. The van der Waals surface area contributed by atoms with Gasteiger partial charge in [0.25, 0.3) is 0 Å². The lowest BCUT2D eigenvalue weighted by Gasteiger charge is -2.03. The number of anilines is 1. The number of nitrogens with two attached hydrogens (primary N) is 1. The van der Waals surface area contributed by atoms with Crippen molar-refractivity contribution in [3.8, 4) is 5.75 Å². The second-order valence-electron chi connectivity index (χ2n) is 3.61. The second-order valence-corrected chi connectivity index (χ2v) is 3.61. The van der Waals surface area contributed by atoms with Crippen molar-refractivity contribution >= 4 is 5.82 Å². The lowest BCUT2D eigenvalue weighted by atomic mass is 10.3. The van der Waals surface area contributed by atoms with E-state index in [-0.39, 0.29) is 6.61 Å². The molecule has 17 heavy (non-hydrogen) atoms. The molecular weight excluding hydrogens is 218 g/mol. The van der Waals surface area contributed by atoms with Gasteiger partial charge in [-0.1, -0.05) is 18.2 Å². The Hall–Kier alpha value is -2.01. The minimum Gasteiger partial charge on any atom is -0.487 e. The van der Waals surface area contributed by atoms with Crippen molar-refractivity contribution in [2.75, 3.05) is 12.3 Å². The van der Waals surface area contributed by atoms with Crippen molar-refractivity contribution in [1.29, 1.82) is 0 Å². The summed E-state index contributed by atoms with van der Waals surface area (Å²) in [5, 5.41) is 13.0. The highest BCUT2D eigenvalue weighted by atomic mass is 16.5. The van der Waals surface area contributed by atoms with Crippen LogP contribution in [0.3, 0.4) is 0 Å². The Labute approximate surface area is 99.4 Å². The molecule has 0 spiro atoms. The first-order valence-electron chi connectivity index (χ1n) is 5.40. The zero-order valence-corrected chi connectivity index (χ0v) is 9.41. The van der Waals surface area contributed by atoms with E-state index in [1.165, 1.54) is 0 Å². The highest BCUT2D eigenvalue weighted by Crippen LogP contribution is 2.12. The molecule has 0 amide bonds. The van der Waals surface area contributed by atoms with Crippen LogP contribution in [0.4, 0.5) is 5.82 Å². The van der Waals surface area contributed by atoms with Crippen molar-refractivity contribution in [3.63, 3.8) is 0 Å². The summed E-state index contributed by atoms with van der Waals surface area (Å²) in [6, 6.07) is 11.3. The number of aliphatic hydroxyl groups is 1. The molecule has 0 fully saturated rings. The van der Waals surface area contributed by atoms with Crippen LogP contribution in [0.1, 0.15) is 5.69 Å². The smallest absolute Gasteiger partial charge is 0.132 e. The molecule has 1 heterocycles. The number of para-hydroxylation sites is 1. The van der Waals surface area contributed by atoms with Crippen LogP contribution in [0.5, 0.6) is 5.75 Å². The van der Waals surface area contributed by atoms with Crippen molar-refractivity contribution in [2.24, 2.45) is 0 Å². The molecule has 2 aromatic rings. The Balaban J connectivity index is 1.97. The monoisotopic (exact) mass is 233 g/mol. The fourth-order valence-electron chi connectivity index (χ4n) is 1.51. The number of nitrogens with zero attached hydrogens (tertiary/aromatic N) is 2. The lowest BCUT2D eigenvalue weighted by molar-refractivity contribution is 0.267. The number of ether oxygens (including phenoxy) is 1. The summed E-state index contributed by atoms with van der Waals surface area (Å²) in [5.74, 6) is 1.33. The van der Waals surface area contributed by atoms with Gasteiger partial charge in [0.15, 0.2) is 0 Å². The molecule has 0 atom stereocenters. The quantitative estimate of drug-likeness (QED) is 0.809. The molecule has 0 saturated heterocycles. The molecule has 0 aliphatic rings. The highest BCUT2D eigenvalue weighted by Gasteiger charge is 2.04. The van der Waals surface area contributed by atoms with E-state index < -0.39 is 0 Å². The zero-order valence-electron chi connectivity index (χ0n) is 9.41. The summed E-state index contributed by atoms with van der Waals surface area (Å²) in [6.45, 7) is 0.786. The highest BCUT2D eigenvalue weighted by molar-refractivity contribution is 5.31. The van der Waals surface area contributed by atoms with Crippen LogP contribution < -0.4 is 10.5 Å². The molecule has 0 aliphatic carbocycles. The second kappa shape index (κ2) is 5.36. The molecule has 0 bridgehead atoms. The van der Waals surface area contributed by atoms with E-state index in [1.54, 1.807) is 10.7 Å². The van der Waals surface area contributed by atoms with Crippen LogP contribution in [0.25, 0.3) is 0 Å². The number of hydrogen-bond acceptors (Lipinski definition) is 4. The summed E-state index contributed by atoms with van der Waals surface area (Å²) in [6.07, 6.45) is 0. The summed E-state index contributed by atoms with van der Waals surface area (Å²) in [7, 11) is 0. The maximum Gasteiger partial charge on any atom is 0.132 e. The molecule has 1 aromatic carbocycles. The van der Waals surface area contributed by atoms with E-state index in [9.17, 15) is 0 Å². The summed E-state index contributed by atoms with van der Waals surface area (Å²) in [4.78, 5) is 0. The summed E-state index contributed by atoms with van der Waals surface area (Å²) in [5.41, 5.74) is 6.48. The Morgan fingerprint density at radius 1 is 1.29 bits per heavy atom. The SMILES string of the molecule is Nc1cc(COc2ccccc2)nn1CCO. The summed E-state index contributed by atoms with van der Waals surface area (Å²) >= 11 is 0. The maximum atomic E-state index is 8.81. The number of rotatable bonds is 5. The minimum atomic E-state index is 0.0187. The van der Waals surface area contributed by atoms with Gasteiger partial charge in [-0.15, -0.1) is 0 Å². The van der Waals surface area contributed by atoms with E-state index in [0.29, 0.717) is 19.0 Å². The van der Waals surface area contributed by atoms with Gasteiger partial charge >= 0.3 is 0 Å². The third-order valence-electron chi connectivity index (χ3n) is 2.30. The molecular formula is C12H15N3O2. The molecule has 0 radical (unpaired) electrons. The van der Waals surface area contributed by atoms with E-state index in [2.05, 4.69) is 5.10 Å². The maximum absolute atomic E-state index is 8.81. The number of aromatic nitrogens is 2. The van der Waals surface area contributed by atoms with Crippen LogP contribution in [0.15, 0.2) is 36.4 Å². The Bertz CT molecular complexity index is 468. The molecule has 0 aliphatic heterocycles. The van der Waals surface area contributed by atoms with Gasteiger partial charge in [-0.3, -0.25) is 0 Å². The molecule has 3 N–H and O–H groups in total. The first-order chi connectivity index (χ1) is 8.29. The number of benzene rings is 1. The third-order valence-corrected chi connectivity index (χ3v) is 2.30. The van der Waals surface area contributed by atoms with E-state index in [0.717, 1.165) is 11.4 Å². The molecule has 5 nitrogen and oxygen atoms in total. The Kier molecular flexibility index (Phi) is 3.62. The van der Waals surface area contributed by atoms with E-state index in [4.69, 9.17) is 15.6 Å². The van der Waals surface area contributed by atoms with Crippen LogP contribution in [0.2, 0.25) is 0 Å². The first-order valence-corrected chi connectivity index (χ1v) is 5.40. The first kappa shape index (κ1) is 11.5. The lowest BCUT2D eigenvalue weighted by Crippen LogP contribution is -2.08.